The van der Waals surface area contributed by atoms with Crippen LogP contribution >= 0.6 is 0 Å². The highest BCUT2D eigenvalue weighted by molar-refractivity contribution is 6.32. The lowest BCUT2D eigenvalue weighted by molar-refractivity contribution is -0.0328. The maximum atomic E-state index is 9.89. The van der Waals surface area contributed by atoms with E-state index in [-0.39, 0.29) is 0 Å². The number of aliphatic hydroxyl groups is 4. The van der Waals surface area contributed by atoms with E-state index >= 15 is 0 Å². The molecular weight excluding hydrogens is 189 g/mol. The van der Waals surface area contributed by atoms with Gasteiger partial charge in [-0.25, -0.2) is 0 Å². The maximum absolute atomic E-state index is 9.89. The van der Waals surface area contributed by atoms with E-state index in [0.717, 1.165) is 0 Å². The van der Waals surface area contributed by atoms with Crippen LogP contribution in [0.15, 0.2) is 0 Å². The molecule has 0 amide bonds. The molecule has 5 nitrogen and oxygen atoms in total. The van der Waals surface area contributed by atoms with Gasteiger partial charge in [0.15, 0.2) is 0 Å². The molecule has 13 heavy (non-hydrogen) atoms. The second-order valence-electron chi connectivity index (χ2n) is 2.41. The zero-order chi connectivity index (χ0) is 10.9. The van der Waals surface area contributed by atoms with Gasteiger partial charge in [-0.2, -0.15) is 0 Å². The van der Waals surface area contributed by atoms with Gasteiger partial charge in [0, 0.05) is 0 Å². The van der Waals surface area contributed by atoms with Gasteiger partial charge in [0.05, 0.1) is 31.8 Å². The van der Waals surface area contributed by atoms with Crippen molar-refractivity contribution in [2.24, 2.45) is 5.41 Å². The predicted octanol–water partition coefficient (Wildman–Crippen LogP) is -2.16. The molecule has 0 aromatic heterocycles. The van der Waals surface area contributed by atoms with Crippen molar-refractivity contribution in [1.82, 2.24) is 0 Å². The molecule has 0 aliphatic carbocycles. The van der Waals surface area contributed by atoms with Crippen LogP contribution in [-0.2, 0) is 0 Å². The quantitative estimate of drug-likeness (QED) is 0.334. The van der Waals surface area contributed by atoms with E-state index in [1.807, 2.05) is 0 Å². The van der Waals surface area contributed by atoms with Crippen LogP contribution in [0.5, 0.6) is 0 Å². The van der Waals surface area contributed by atoms with Crippen LogP contribution in [0.25, 0.3) is 0 Å². The summed E-state index contributed by atoms with van der Waals surface area (Å²) in [6.45, 7) is -1.62. The Kier molecular flexibility index (Phi) is 9.74. The van der Waals surface area contributed by atoms with Gasteiger partial charge in [-0.1, -0.05) is 0 Å². The average molecular weight is 202 g/mol. The highest BCUT2D eigenvalue weighted by atomic mass is 19.2. The Balaban J connectivity index is 0. The summed E-state index contributed by atoms with van der Waals surface area (Å²) in [7, 11) is -3.17. The van der Waals surface area contributed by atoms with E-state index in [0.29, 0.717) is 0 Å². The minimum atomic E-state index is -3.17. The molecule has 8 heteroatoms. The number of rotatable bonds is 4. The highest BCUT2D eigenvalue weighted by Crippen LogP contribution is 2.11. The minimum absolute atomic E-state index is 0.406. The van der Waals surface area contributed by atoms with Gasteiger partial charge < -0.3 is 25.5 Å². The van der Waals surface area contributed by atoms with Gasteiger partial charge in [0.2, 0.25) is 0 Å². The topological polar surface area (TPSA) is 101 Å². The molecule has 0 aromatic carbocycles. The van der Waals surface area contributed by atoms with Crippen molar-refractivity contribution in [1.29, 1.82) is 0 Å². The smallest absolute Gasteiger partial charge is 0.396 e. The Hall–Kier alpha value is -0.275. The summed E-state index contributed by atoms with van der Waals surface area (Å²) in [4.78, 5) is 0. The standard InChI is InChI=1S/C5H12O4.BF2HO/c6-1-5(2-7,3-8)4-9;2-1(3)4/h6-9H,1-4H2;4H. The van der Waals surface area contributed by atoms with E-state index in [4.69, 9.17) is 25.5 Å². The molecule has 0 aliphatic rings. The van der Waals surface area contributed by atoms with Gasteiger partial charge in [-0.15, -0.1) is 0 Å². The van der Waals surface area contributed by atoms with E-state index < -0.39 is 39.3 Å². The number of halogens is 2. The molecule has 0 saturated carbocycles. The number of hydrogen-bond donors (Lipinski definition) is 5. The Bertz CT molecular complexity index is 90.8. The largest absolute Gasteiger partial charge is 0.718 e. The Labute approximate surface area is 74.5 Å². The van der Waals surface area contributed by atoms with Crippen LogP contribution in [0.4, 0.5) is 8.63 Å². The number of hydrogen-bond acceptors (Lipinski definition) is 5. The Morgan fingerprint density at radius 1 is 0.846 bits per heavy atom. The van der Waals surface area contributed by atoms with E-state index in [1.54, 1.807) is 0 Å². The first-order chi connectivity index (χ1) is 5.97. The lowest BCUT2D eigenvalue weighted by Crippen LogP contribution is -2.37. The molecule has 0 aliphatic heterocycles. The fourth-order valence-corrected chi connectivity index (χ4v) is 0.300. The zero-order valence-corrected chi connectivity index (χ0v) is 6.90. The van der Waals surface area contributed by atoms with Crippen LogP contribution in [-0.4, -0.2) is 59.3 Å². The van der Waals surface area contributed by atoms with Crippen molar-refractivity contribution in [2.75, 3.05) is 26.4 Å². The lowest BCUT2D eigenvalue weighted by atomic mass is 9.93. The van der Waals surface area contributed by atoms with Crippen LogP contribution in [0.1, 0.15) is 0 Å². The second kappa shape index (κ2) is 8.33. The van der Waals surface area contributed by atoms with Gasteiger partial charge in [-0.3, -0.25) is 8.63 Å². The van der Waals surface area contributed by atoms with Gasteiger partial charge in [0.1, 0.15) is 0 Å². The van der Waals surface area contributed by atoms with Crippen LogP contribution in [0.2, 0.25) is 0 Å². The summed E-state index contributed by atoms with van der Waals surface area (Å²) in [5.74, 6) is 0. The van der Waals surface area contributed by atoms with Crippen molar-refractivity contribution < 1.29 is 34.1 Å². The molecule has 0 heterocycles. The molecule has 0 radical (unpaired) electrons. The molecule has 0 unspecified atom stereocenters. The predicted molar refractivity (Wildman–Crippen MR) is 41.0 cm³/mol. The molecule has 80 valence electrons. The molecule has 0 rings (SSSR count). The maximum Gasteiger partial charge on any atom is 0.718 e. The highest BCUT2D eigenvalue weighted by Gasteiger charge is 2.26. The first-order valence-electron chi connectivity index (χ1n) is 3.37. The summed E-state index contributed by atoms with van der Waals surface area (Å²) in [5, 5.41) is 40.7. The zero-order valence-electron chi connectivity index (χ0n) is 6.90. The second-order valence-corrected chi connectivity index (χ2v) is 2.41. The van der Waals surface area contributed by atoms with Crippen LogP contribution in [0.3, 0.4) is 0 Å². The molecule has 0 bridgehead atoms. The van der Waals surface area contributed by atoms with Gasteiger partial charge >= 0.3 is 7.47 Å². The van der Waals surface area contributed by atoms with Gasteiger partial charge in [-0.05, 0) is 0 Å². The minimum Gasteiger partial charge on any atom is -0.396 e. The molecule has 0 spiro atoms. The molecule has 0 atom stereocenters. The summed E-state index contributed by atoms with van der Waals surface area (Å²) in [6, 6.07) is 0. The lowest BCUT2D eigenvalue weighted by Gasteiger charge is -2.23. The van der Waals surface area contributed by atoms with Gasteiger partial charge in [0.25, 0.3) is 0 Å². The SMILES string of the molecule is OB(F)F.OCC(CO)(CO)CO. The average Bonchev–Trinajstić information content (AvgIpc) is 2.09. The van der Waals surface area contributed by atoms with Crippen molar-refractivity contribution in [3.8, 4) is 0 Å². The van der Waals surface area contributed by atoms with Crippen LogP contribution < -0.4 is 0 Å². The van der Waals surface area contributed by atoms with Crippen molar-refractivity contribution in [3.05, 3.63) is 0 Å². The first-order valence-corrected chi connectivity index (χ1v) is 3.37. The third kappa shape index (κ3) is 8.07. The summed E-state index contributed by atoms with van der Waals surface area (Å²) >= 11 is 0. The first kappa shape index (κ1) is 15.2. The van der Waals surface area contributed by atoms with E-state index in [2.05, 4.69) is 0 Å². The van der Waals surface area contributed by atoms with Crippen LogP contribution in [0, 0.1) is 5.41 Å². The Morgan fingerprint density at radius 3 is 1.00 bits per heavy atom. The molecule has 5 N–H and O–H groups in total. The molecule has 0 fully saturated rings. The van der Waals surface area contributed by atoms with Crippen molar-refractivity contribution in [3.63, 3.8) is 0 Å². The third-order valence-corrected chi connectivity index (χ3v) is 1.34. The summed E-state index contributed by atoms with van der Waals surface area (Å²) in [6.07, 6.45) is 0. The van der Waals surface area contributed by atoms with Crippen molar-refractivity contribution >= 4 is 7.47 Å². The monoisotopic (exact) mass is 202 g/mol. The fourth-order valence-electron chi connectivity index (χ4n) is 0.300. The molecule has 0 saturated heterocycles. The molecule has 0 aromatic rings. The van der Waals surface area contributed by atoms with E-state index in [9.17, 15) is 8.63 Å². The van der Waals surface area contributed by atoms with E-state index in [1.165, 1.54) is 0 Å². The Morgan fingerprint density at radius 2 is 1.00 bits per heavy atom. The normalized spacial score (nSPS) is 10.4. The third-order valence-electron chi connectivity index (χ3n) is 1.34. The van der Waals surface area contributed by atoms with Crippen molar-refractivity contribution in [2.45, 2.75) is 0 Å². The fraction of sp³-hybridized carbons (Fsp3) is 1.00. The molecular formula is C5H13BF2O5. The number of aliphatic hydroxyl groups excluding tert-OH is 4. The summed E-state index contributed by atoms with van der Waals surface area (Å²) in [5.41, 5.74) is -1.11. The summed E-state index contributed by atoms with van der Waals surface area (Å²) < 4.78 is 19.8.